The summed E-state index contributed by atoms with van der Waals surface area (Å²) in [6.45, 7) is 4.43. The van der Waals surface area contributed by atoms with Gasteiger partial charge in [0.15, 0.2) is 0 Å². The Bertz CT molecular complexity index is 893. The Kier molecular flexibility index (Phi) is 5.70. The lowest BCUT2D eigenvalue weighted by molar-refractivity contribution is 0.718. The van der Waals surface area contributed by atoms with Crippen LogP contribution in [0.15, 0.2) is 59.4 Å². The zero-order chi connectivity index (χ0) is 17.6. The van der Waals surface area contributed by atoms with Crippen LogP contribution in [0.25, 0.3) is 16.5 Å². The molecule has 1 heterocycles. The topological polar surface area (TPSA) is 22.0 Å². The molecule has 0 N–H and O–H groups in total. The van der Waals surface area contributed by atoms with E-state index < -0.39 is 0 Å². The highest BCUT2D eigenvalue weighted by atomic mass is 16.1. The van der Waals surface area contributed by atoms with Crippen molar-refractivity contribution < 1.29 is 0 Å². The van der Waals surface area contributed by atoms with Crippen molar-refractivity contribution >= 4 is 10.8 Å². The van der Waals surface area contributed by atoms with Gasteiger partial charge in [0.05, 0.1) is 0 Å². The lowest BCUT2D eigenvalue weighted by Crippen LogP contribution is -2.24. The molecule has 0 fully saturated rings. The Hall–Kier alpha value is -2.35. The molecule has 25 heavy (non-hydrogen) atoms. The van der Waals surface area contributed by atoms with E-state index in [0.717, 1.165) is 55.0 Å². The fraction of sp³-hybridized carbons (Fsp3) is 0.348. The Balaban J connectivity index is 2.35. The molecule has 0 aliphatic heterocycles. The first-order chi connectivity index (χ1) is 12.3. The lowest BCUT2D eigenvalue weighted by Gasteiger charge is -2.20. The Labute approximate surface area is 150 Å². The van der Waals surface area contributed by atoms with E-state index >= 15 is 0 Å². The van der Waals surface area contributed by atoms with E-state index in [2.05, 4.69) is 19.9 Å². The van der Waals surface area contributed by atoms with Crippen LogP contribution >= 0.6 is 0 Å². The minimum Gasteiger partial charge on any atom is -0.280 e. The first kappa shape index (κ1) is 17.5. The molecule has 0 saturated carbocycles. The smallest absolute Gasteiger partial charge is 0.263 e. The van der Waals surface area contributed by atoms with Crippen molar-refractivity contribution in [3.8, 4) is 5.69 Å². The van der Waals surface area contributed by atoms with Crippen molar-refractivity contribution in [3.05, 3.63) is 76.2 Å². The second kappa shape index (κ2) is 8.15. The van der Waals surface area contributed by atoms with Gasteiger partial charge in [0.1, 0.15) is 0 Å². The molecular weight excluding hydrogens is 306 g/mol. The third-order valence-corrected chi connectivity index (χ3v) is 4.87. The molecule has 0 amide bonds. The summed E-state index contributed by atoms with van der Waals surface area (Å²) >= 11 is 0. The predicted octanol–water partition coefficient (Wildman–Crippen LogP) is 5.68. The van der Waals surface area contributed by atoms with Crippen LogP contribution in [0.1, 0.15) is 50.8 Å². The standard InChI is InChI=1S/C23H27NO/c1-3-5-14-20-19-15-10-11-16-21(19)23(25)24(22(20)17-6-4-2)18-12-8-7-9-13-18/h7-13,15-16H,3-6,14,17H2,1-2H3. The highest BCUT2D eigenvalue weighted by Crippen LogP contribution is 2.25. The summed E-state index contributed by atoms with van der Waals surface area (Å²) in [5, 5.41) is 1.97. The van der Waals surface area contributed by atoms with Crippen LogP contribution in [0.3, 0.4) is 0 Å². The number of nitrogens with zero attached hydrogens (tertiary/aromatic N) is 1. The van der Waals surface area contributed by atoms with Crippen molar-refractivity contribution in [2.24, 2.45) is 0 Å². The molecule has 1 aromatic heterocycles. The van der Waals surface area contributed by atoms with Gasteiger partial charge in [-0.2, -0.15) is 0 Å². The van der Waals surface area contributed by atoms with Crippen molar-refractivity contribution in [3.63, 3.8) is 0 Å². The number of aryl methyl sites for hydroxylation is 1. The van der Waals surface area contributed by atoms with Gasteiger partial charge in [-0.25, -0.2) is 0 Å². The second-order valence-corrected chi connectivity index (χ2v) is 6.65. The van der Waals surface area contributed by atoms with Crippen molar-refractivity contribution in [2.75, 3.05) is 0 Å². The highest BCUT2D eigenvalue weighted by Gasteiger charge is 2.16. The third-order valence-electron chi connectivity index (χ3n) is 4.87. The summed E-state index contributed by atoms with van der Waals surface area (Å²) in [6, 6.07) is 18.2. The quantitative estimate of drug-likeness (QED) is 0.545. The van der Waals surface area contributed by atoms with E-state index in [0.29, 0.717) is 0 Å². The average Bonchev–Trinajstić information content (AvgIpc) is 2.66. The van der Waals surface area contributed by atoms with Crippen LogP contribution < -0.4 is 5.56 Å². The van der Waals surface area contributed by atoms with Gasteiger partial charge < -0.3 is 0 Å². The molecule has 0 bridgehead atoms. The largest absolute Gasteiger partial charge is 0.280 e. The summed E-state index contributed by atoms with van der Waals surface area (Å²) in [7, 11) is 0. The molecule has 2 aromatic carbocycles. The number of rotatable bonds is 7. The third kappa shape index (κ3) is 3.53. The van der Waals surface area contributed by atoms with Crippen LogP contribution in [-0.2, 0) is 12.8 Å². The number of hydrogen-bond donors (Lipinski definition) is 0. The molecule has 0 unspecified atom stereocenters. The van der Waals surface area contributed by atoms with Crippen LogP contribution in [0.4, 0.5) is 0 Å². The molecule has 0 aliphatic carbocycles. The van der Waals surface area contributed by atoms with Gasteiger partial charge >= 0.3 is 0 Å². The molecule has 0 saturated heterocycles. The first-order valence-corrected chi connectivity index (χ1v) is 9.48. The average molecular weight is 333 g/mol. The van der Waals surface area contributed by atoms with E-state index in [1.165, 1.54) is 11.3 Å². The number of fused-ring (bicyclic) bond motifs is 1. The molecule has 0 spiro atoms. The lowest BCUT2D eigenvalue weighted by atomic mass is 9.96. The molecule has 130 valence electrons. The zero-order valence-corrected chi connectivity index (χ0v) is 15.3. The Morgan fingerprint density at radius 1 is 0.760 bits per heavy atom. The number of hydrogen-bond acceptors (Lipinski definition) is 1. The molecule has 2 nitrogen and oxygen atoms in total. The number of pyridine rings is 1. The number of para-hydroxylation sites is 1. The first-order valence-electron chi connectivity index (χ1n) is 9.48. The normalized spacial score (nSPS) is 11.1. The summed E-state index contributed by atoms with van der Waals surface area (Å²) in [6.07, 6.45) is 6.52. The van der Waals surface area contributed by atoms with Gasteiger partial charge in [-0.05, 0) is 54.8 Å². The van der Waals surface area contributed by atoms with Gasteiger partial charge in [-0.15, -0.1) is 0 Å². The maximum atomic E-state index is 13.3. The van der Waals surface area contributed by atoms with Crippen molar-refractivity contribution in [1.82, 2.24) is 4.57 Å². The summed E-state index contributed by atoms with van der Waals surface area (Å²) in [5.74, 6) is 0. The van der Waals surface area contributed by atoms with Gasteiger partial charge in [0.25, 0.3) is 5.56 Å². The van der Waals surface area contributed by atoms with E-state index in [1.807, 2.05) is 53.1 Å². The maximum Gasteiger partial charge on any atom is 0.263 e. The zero-order valence-electron chi connectivity index (χ0n) is 15.3. The molecule has 0 radical (unpaired) electrons. The van der Waals surface area contributed by atoms with E-state index in [9.17, 15) is 4.79 Å². The van der Waals surface area contributed by atoms with Crippen LogP contribution in [0.5, 0.6) is 0 Å². The monoisotopic (exact) mass is 333 g/mol. The molecule has 2 heteroatoms. The van der Waals surface area contributed by atoms with Crippen LogP contribution in [-0.4, -0.2) is 4.57 Å². The van der Waals surface area contributed by atoms with Gasteiger partial charge in [-0.3, -0.25) is 9.36 Å². The molecule has 3 rings (SSSR count). The predicted molar refractivity (Wildman–Crippen MR) is 107 cm³/mol. The number of benzene rings is 2. The molecule has 0 atom stereocenters. The van der Waals surface area contributed by atoms with E-state index in [1.54, 1.807) is 0 Å². The molecular formula is C23H27NO. The maximum absolute atomic E-state index is 13.3. The fourth-order valence-electron chi connectivity index (χ4n) is 3.56. The van der Waals surface area contributed by atoms with Gasteiger partial charge in [0, 0.05) is 16.8 Å². The Morgan fingerprint density at radius 3 is 2.04 bits per heavy atom. The van der Waals surface area contributed by atoms with Crippen molar-refractivity contribution in [1.29, 1.82) is 0 Å². The summed E-state index contributed by atoms with van der Waals surface area (Å²) in [4.78, 5) is 13.3. The molecule has 0 aliphatic rings. The highest BCUT2D eigenvalue weighted by molar-refractivity contribution is 5.86. The SMILES string of the molecule is CCCCc1c(CCCC)n(-c2ccccc2)c(=O)c2ccccc12. The molecule has 3 aromatic rings. The summed E-state index contributed by atoms with van der Waals surface area (Å²) in [5.41, 5.74) is 3.63. The van der Waals surface area contributed by atoms with E-state index in [-0.39, 0.29) is 5.56 Å². The fourth-order valence-corrected chi connectivity index (χ4v) is 3.56. The van der Waals surface area contributed by atoms with Crippen LogP contribution in [0.2, 0.25) is 0 Å². The minimum absolute atomic E-state index is 0.105. The Morgan fingerprint density at radius 2 is 1.36 bits per heavy atom. The van der Waals surface area contributed by atoms with Gasteiger partial charge in [0.2, 0.25) is 0 Å². The number of unbranched alkanes of at least 4 members (excludes halogenated alkanes) is 2. The van der Waals surface area contributed by atoms with E-state index in [4.69, 9.17) is 0 Å². The summed E-state index contributed by atoms with van der Waals surface area (Å²) < 4.78 is 1.96. The van der Waals surface area contributed by atoms with Crippen LogP contribution in [0, 0.1) is 0 Å². The van der Waals surface area contributed by atoms with Gasteiger partial charge in [-0.1, -0.05) is 63.1 Å². The second-order valence-electron chi connectivity index (χ2n) is 6.65. The minimum atomic E-state index is 0.105. The van der Waals surface area contributed by atoms with Crippen molar-refractivity contribution in [2.45, 2.75) is 52.4 Å². The number of aromatic nitrogens is 1.